The van der Waals surface area contributed by atoms with Crippen LogP contribution in [0.5, 0.6) is 0 Å². The minimum atomic E-state index is -0.857. The summed E-state index contributed by atoms with van der Waals surface area (Å²) >= 11 is 1.47. The lowest BCUT2D eigenvalue weighted by Gasteiger charge is -2.42. The number of ether oxygens (including phenoxy) is 1. The Morgan fingerprint density at radius 3 is 2.28 bits per heavy atom. The molecule has 1 aliphatic heterocycles. The molecule has 3 atom stereocenters. The molecule has 6 nitrogen and oxygen atoms in total. The number of β-lactam (4-membered cyclic amide) rings is 1. The number of aliphatic hydroxyl groups is 1. The summed E-state index contributed by atoms with van der Waals surface area (Å²) in [7, 11) is 2.95. The normalized spacial score (nSPS) is 16.7. The Bertz CT molecular complexity index is 1450. The number of para-hydroxylation sites is 1. The van der Waals surface area contributed by atoms with E-state index in [2.05, 4.69) is 11.6 Å². The van der Waals surface area contributed by atoms with Crippen LogP contribution in [0.15, 0.2) is 95.9 Å². The maximum atomic E-state index is 13.5. The quantitative estimate of drug-likeness (QED) is 0.0989. The summed E-state index contributed by atoms with van der Waals surface area (Å²) < 4.78 is 7.05. The fraction of sp³-hybridized carbons (Fsp3) is 0.233. The first kappa shape index (κ1) is 27.5. The van der Waals surface area contributed by atoms with Crippen molar-refractivity contribution in [3.8, 4) is 0 Å². The van der Waals surface area contributed by atoms with E-state index >= 15 is 0 Å². The van der Waals surface area contributed by atoms with Crippen LogP contribution in [-0.4, -0.2) is 44.7 Å². The number of rotatable bonds is 10. The SMILES string of the molecule is C=C(C)[C@H](C(=O)OC(c1ccccc1)c1ccccc1)N1C[C@H](SSc2cccc3sc(C(C)O)nc23)C1=O. The van der Waals surface area contributed by atoms with Crippen LogP contribution in [-0.2, 0) is 14.3 Å². The Balaban J connectivity index is 1.27. The van der Waals surface area contributed by atoms with E-state index in [-0.39, 0.29) is 11.2 Å². The molecule has 0 saturated carbocycles. The molecule has 5 rings (SSSR count). The monoisotopic (exact) mass is 576 g/mol. The lowest BCUT2D eigenvalue weighted by atomic mass is 10.00. The Hall–Kier alpha value is -3.11. The number of likely N-dealkylation sites (tertiary alicyclic amines) is 1. The molecule has 1 N–H and O–H groups in total. The van der Waals surface area contributed by atoms with Crippen LogP contribution in [0.2, 0.25) is 0 Å². The number of esters is 1. The standard InChI is InChI=1S/C30H28N2O4S3/c1-18(2)26(30(35)36-27(20-11-6-4-7-12-20)21-13-8-5-9-14-21)32-17-24(29(32)34)39-38-23-16-10-15-22-25(23)31-28(37-22)19(3)33/h4-16,19,24,26-27,33H,1,17H2,2-3H3/t19?,24-,26+/m0/s1. The van der Waals surface area contributed by atoms with E-state index in [9.17, 15) is 14.7 Å². The summed E-state index contributed by atoms with van der Waals surface area (Å²) in [6.07, 6.45) is -1.22. The molecule has 39 heavy (non-hydrogen) atoms. The number of aromatic nitrogens is 1. The van der Waals surface area contributed by atoms with Gasteiger partial charge in [0, 0.05) is 11.4 Å². The molecule has 1 aromatic heterocycles. The highest BCUT2D eigenvalue weighted by Gasteiger charge is 2.45. The molecule has 1 saturated heterocycles. The molecule has 1 fully saturated rings. The van der Waals surface area contributed by atoms with E-state index in [1.54, 1.807) is 18.7 Å². The van der Waals surface area contributed by atoms with Crippen molar-refractivity contribution in [2.45, 2.75) is 42.2 Å². The van der Waals surface area contributed by atoms with E-state index in [1.165, 1.54) is 32.9 Å². The number of thiazole rings is 1. The third-order valence-electron chi connectivity index (χ3n) is 6.37. The van der Waals surface area contributed by atoms with Crippen molar-refractivity contribution in [3.05, 3.63) is 107 Å². The van der Waals surface area contributed by atoms with Crippen molar-refractivity contribution >= 4 is 55.0 Å². The van der Waals surface area contributed by atoms with Gasteiger partial charge in [-0.15, -0.1) is 11.3 Å². The Morgan fingerprint density at radius 1 is 1.08 bits per heavy atom. The number of amides is 1. The second-order valence-electron chi connectivity index (χ2n) is 9.38. The largest absolute Gasteiger partial charge is 0.451 e. The van der Waals surface area contributed by atoms with Crippen LogP contribution in [0.3, 0.4) is 0 Å². The van der Waals surface area contributed by atoms with Gasteiger partial charge in [0.05, 0.1) is 10.2 Å². The number of fused-ring (bicyclic) bond motifs is 1. The topological polar surface area (TPSA) is 79.7 Å². The summed E-state index contributed by atoms with van der Waals surface area (Å²) in [5.74, 6) is -0.619. The van der Waals surface area contributed by atoms with E-state index in [0.29, 0.717) is 17.1 Å². The van der Waals surface area contributed by atoms with Crippen molar-refractivity contribution in [2.24, 2.45) is 0 Å². The predicted octanol–water partition coefficient (Wildman–Crippen LogP) is 6.58. The molecule has 4 aromatic rings. The number of nitrogens with zero attached hydrogens (tertiary/aromatic N) is 2. The van der Waals surface area contributed by atoms with Crippen LogP contribution in [0, 0.1) is 0 Å². The van der Waals surface area contributed by atoms with Crippen molar-refractivity contribution in [1.82, 2.24) is 9.88 Å². The minimum absolute atomic E-state index is 0.122. The van der Waals surface area contributed by atoms with Gasteiger partial charge in [-0.25, -0.2) is 9.78 Å². The molecular weight excluding hydrogens is 549 g/mol. The zero-order valence-electron chi connectivity index (χ0n) is 21.5. The Labute approximate surface area is 239 Å². The van der Waals surface area contributed by atoms with Crippen LogP contribution < -0.4 is 0 Å². The molecule has 1 amide bonds. The maximum Gasteiger partial charge on any atom is 0.334 e. The van der Waals surface area contributed by atoms with Crippen LogP contribution in [0.1, 0.15) is 42.2 Å². The average Bonchev–Trinajstić information content (AvgIpc) is 3.39. The molecule has 1 aliphatic rings. The number of aliphatic hydroxyl groups excluding tert-OH is 1. The van der Waals surface area contributed by atoms with Gasteiger partial charge >= 0.3 is 5.97 Å². The fourth-order valence-electron chi connectivity index (χ4n) is 4.38. The van der Waals surface area contributed by atoms with Gasteiger partial charge in [0.25, 0.3) is 0 Å². The zero-order chi connectivity index (χ0) is 27.5. The van der Waals surface area contributed by atoms with Gasteiger partial charge in [-0.2, -0.15) is 0 Å². The molecule has 0 spiro atoms. The molecule has 3 aromatic carbocycles. The number of carbonyl (C=O) groups excluding carboxylic acids is 2. The van der Waals surface area contributed by atoms with Crippen molar-refractivity contribution in [2.75, 3.05) is 6.54 Å². The lowest BCUT2D eigenvalue weighted by Crippen LogP contribution is -2.61. The molecule has 2 heterocycles. The van der Waals surface area contributed by atoms with E-state index in [1.807, 2.05) is 78.9 Å². The van der Waals surface area contributed by atoms with Gasteiger partial charge in [0.15, 0.2) is 12.1 Å². The molecule has 0 bridgehead atoms. The van der Waals surface area contributed by atoms with Gasteiger partial charge in [-0.1, -0.05) is 94.9 Å². The summed E-state index contributed by atoms with van der Waals surface area (Å²) in [6.45, 7) is 7.86. The van der Waals surface area contributed by atoms with Gasteiger partial charge in [-0.3, -0.25) is 4.79 Å². The first-order valence-corrected chi connectivity index (χ1v) is 15.5. The second-order valence-corrected chi connectivity index (χ2v) is 12.9. The first-order chi connectivity index (χ1) is 18.8. The molecule has 1 unspecified atom stereocenters. The number of carbonyl (C=O) groups is 2. The zero-order valence-corrected chi connectivity index (χ0v) is 24.0. The Kier molecular flexibility index (Phi) is 8.42. The molecular formula is C30H28N2O4S3. The van der Waals surface area contributed by atoms with E-state index in [4.69, 9.17) is 4.74 Å². The van der Waals surface area contributed by atoms with E-state index < -0.39 is 24.2 Å². The molecule has 0 radical (unpaired) electrons. The highest BCUT2D eigenvalue weighted by Crippen LogP contribution is 2.43. The Morgan fingerprint density at radius 2 is 1.72 bits per heavy atom. The second kappa shape index (κ2) is 12.0. The van der Waals surface area contributed by atoms with Crippen molar-refractivity contribution in [3.63, 3.8) is 0 Å². The summed E-state index contributed by atoms with van der Waals surface area (Å²) in [5, 5.41) is 10.3. The predicted molar refractivity (Wildman–Crippen MR) is 159 cm³/mol. The van der Waals surface area contributed by atoms with Crippen LogP contribution in [0.25, 0.3) is 10.2 Å². The summed E-state index contributed by atoms with van der Waals surface area (Å²) in [6, 6.07) is 24.2. The number of benzene rings is 3. The lowest BCUT2D eigenvalue weighted by molar-refractivity contribution is -0.160. The van der Waals surface area contributed by atoms with Crippen molar-refractivity contribution in [1.29, 1.82) is 0 Å². The summed E-state index contributed by atoms with van der Waals surface area (Å²) in [5.41, 5.74) is 3.09. The minimum Gasteiger partial charge on any atom is -0.451 e. The molecule has 200 valence electrons. The van der Waals surface area contributed by atoms with Gasteiger partial charge in [0.2, 0.25) is 5.91 Å². The molecule has 9 heteroatoms. The summed E-state index contributed by atoms with van der Waals surface area (Å²) in [4.78, 5) is 33.8. The highest BCUT2D eigenvalue weighted by molar-refractivity contribution is 8.77. The van der Waals surface area contributed by atoms with Crippen LogP contribution in [0.4, 0.5) is 0 Å². The molecule has 0 aliphatic carbocycles. The van der Waals surface area contributed by atoms with Gasteiger partial charge in [0.1, 0.15) is 16.4 Å². The van der Waals surface area contributed by atoms with E-state index in [0.717, 1.165) is 26.2 Å². The smallest absolute Gasteiger partial charge is 0.334 e. The first-order valence-electron chi connectivity index (χ1n) is 12.5. The maximum absolute atomic E-state index is 13.5. The average molecular weight is 577 g/mol. The fourth-order valence-corrected chi connectivity index (χ4v) is 7.90. The highest BCUT2D eigenvalue weighted by atomic mass is 33.1. The third-order valence-corrected chi connectivity index (χ3v) is 10.3. The van der Waals surface area contributed by atoms with Gasteiger partial charge in [-0.05, 0) is 42.7 Å². The van der Waals surface area contributed by atoms with Crippen LogP contribution >= 0.6 is 32.9 Å². The van der Waals surface area contributed by atoms with Crippen molar-refractivity contribution < 1.29 is 19.4 Å². The van der Waals surface area contributed by atoms with Gasteiger partial charge < -0.3 is 14.7 Å². The number of hydrogen-bond acceptors (Lipinski definition) is 8. The number of hydrogen-bond donors (Lipinski definition) is 1. The third kappa shape index (κ3) is 5.91.